The molecule has 1 atom stereocenters. The molecule has 7 heteroatoms. The number of carbonyl (C=O) groups excluding carboxylic acids is 1. The molecule has 1 aromatic rings. The van der Waals surface area contributed by atoms with Crippen molar-refractivity contribution in [2.45, 2.75) is 44.0 Å². The van der Waals surface area contributed by atoms with Gasteiger partial charge in [0, 0.05) is 13.6 Å². The van der Waals surface area contributed by atoms with E-state index < -0.39 is 16.1 Å². The second-order valence-corrected chi connectivity index (χ2v) is 6.88. The van der Waals surface area contributed by atoms with Crippen LogP contribution in [0, 0.1) is 13.8 Å². The highest BCUT2D eigenvalue weighted by Crippen LogP contribution is 2.28. The zero-order valence-electron chi connectivity index (χ0n) is 12.0. The van der Waals surface area contributed by atoms with Crippen molar-refractivity contribution in [3.05, 3.63) is 17.6 Å². The maximum absolute atomic E-state index is 12.7. The molecule has 2 rings (SSSR count). The standard InChI is InChI=1S/C13H20N2O4S/c1-9-8-12(10(2)19-9)20(17,18)15-7-5-4-6-11(15)13(16)14-3/h8,11H,4-7H2,1-3H3,(H,14,16). The smallest absolute Gasteiger partial charge is 0.247 e. The fourth-order valence-electron chi connectivity index (χ4n) is 2.61. The van der Waals surface area contributed by atoms with Gasteiger partial charge >= 0.3 is 0 Å². The number of likely N-dealkylation sites (N-methyl/N-ethyl adjacent to an activating group) is 1. The summed E-state index contributed by atoms with van der Waals surface area (Å²) >= 11 is 0. The van der Waals surface area contributed by atoms with Crippen molar-refractivity contribution in [3.63, 3.8) is 0 Å². The van der Waals surface area contributed by atoms with Gasteiger partial charge in [-0.25, -0.2) is 8.42 Å². The maximum Gasteiger partial charge on any atom is 0.247 e. The molecule has 1 saturated heterocycles. The largest absolute Gasteiger partial charge is 0.465 e. The summed E-state index contributed by atoms with van der Waals surface area (Å²) < 4.78 is 32.1. The van der Waals surface area contributed by atoms with E-state index in [1.165, 1.54) is 17.4 Å². The van der Waals surface area contributed by atoms with E-state index in [-0.39, 0.29) is 10.8 Å². The van der Waals surface area contributed by atoms with Crippen LogP contribution in [0.4, 0.5) is 0 Å². The van der Waals surface area contributed by atoms with Crippen LogP contribution in [0.2, 0.25) is 0 Å². The zero-order chi connectivity index (χ0) is 14.9. The Morgan fingerprint density at radius 3 is 2.65 bits per heavy atom. The Labute approximate surface area is 119 Å². The van der Waals surface area contributed by atoms with Crippen molar-refractivity contribution in [1.29, 1.82) is 0 Å². The summed E-state index contributed by atoms with van der Waals surface area (Å²) in [5.41, 5.74) is 0. The number of amides is 1. The van der Waals surface area contributed by atoms with E-state index in [4.69, 9.17) is 4.42 Å². The highest BCUT2D eigenvalue weighted by atomic mass is 32.2. The molecule has 6 nitrogen and oxygen atoms in total. The van der Waals surface area contributed by atoms with E-state index in [2.05, 4.69) is 5.32 Å². The van der Waals surface area contributed by atoms with Gasteiger partial charge in [0.15, 0.2) is 0 Å². The molecule has 1 fully saturated rings. The van der Waals surface area contributed by atoms with Gasteiger partial charge < -0.3 is 9.73 Å². The number of hydrogen-bond donors (Lipinski definition) is 1. The van der Waals surface area contributed by atoms with E-state index in [1.807, 2.05) is 0 Å². The lowest BCUT2D eigenvalue weighted by molar-refractivity contribution is -0.125. The molecule has 1 aromatic heterocycles. The number of aryl methyl sites for hydroxylation is 2. The molecular weight excluding hydrogens is 280 g/mol. The number of sulfonamides is 1. The van der Waals surface area contributed by atoms with Crippen LogP contribution >= 0.6 is 0 Å². The lowest BCUT2D eigenvalue weighted by Gasteiger charge is -2.33. The van der Waals surface area contributed by atoms with E-state index >= 15 is 0 Å². The van der Waals surface area contributed by atoms with Crippen LogP contribution in [0.25, 0.3) is 0 Å². The Bertz CT molecular complexity index is 606. The van der Waals surface area contributed by atoms with Crippen molar-refractivity contribution in [3.8, 4) is 0 Å². The minimum absolute atomic E-state index is 0.158. The van der Waals surface area contributed by atoms with Crippen molar-refractivity contribution >= 4 is 15.9 Å². The predicted octanol–water partition coefficient (Wildman–Crippen LogP) is 1.19. The summed E-state index contributed by atoms with van der Waals surface area (Å²) in [7, 11) is -2.17. The molecule has 0 spiro atoms. The van der Waals surface area contributed by atoms with Crippen LogP contribution < -0.4 is 5.32 Å². The Morgan fingerprint density at radius 1 is 1.40 bits per heavy atom. The summed E-state index contributed by atoms with van der Waals surface area (Å²) in [5, 5.41) is 2.54. The Hall–Kier alpha value is -1.34. The number of piperidine rings is 1. The van der Waals surface area contributed by atoms with Crippen molar-refractivity contribution in [2.24, 2.45) is 0 Å². The number of nitrogens with one attached hydrogen (secondary N) is 1. The summed E-state index contributed by atoms with van der Waals surface area (Å²) in [6.07, 6.45) is 2.17. The first-order chi connectivity index (χ1) is 9.37. The van der Waals surface area contributed by atoms with Crippen LogP contribution in [0.1, 0.15) is 30.8 Å². The fourth-order valence-corrected chi connectivity index (χ4v) is 4.49. The topological polar surface area (TPSA) is 79.6 Å². The summed E-state index contributed by atoms with van der Waals surface area (Å²) in [5.74, 6) is 0.657. The molecular formula is C13H20N2O4S. The van der Waals surface area contributed by atoms with Gasteiger partial charge in [0.25, 0.3) is 0 Å². The zero-order valence-corrected chi connectivity index (χ0v) is 12.8. The molecule has 0 saturated carbocycles. The molecule has 0 radical (unpaired) electrons. The minimum Gasteiger partial charge on any atom is -0.465 e. The molecule has 2 heterocycles. The predicted molar refractivity (Wildman–Crippen MR) is 73.8 cm³/mol. The molecule has 1 N–H and O–H groups in total. The van der Waals surface area contributed by atoms with E-state index in [1.54, 1.807) is 13.8 Å². The highest BCUT2D eigenvalue weighted by molar-refractivity contribution is 7.89. The summed E-state index contributed by atoms with van der Waals surface area (Å²) in [6, 6.07) is 0.883. The lowest BCUT2D eigenvalue weighted by atomic mass is 10.0. The van der Waals surface area contributed by atoms with Gasteiger partial charge in [-0.1, -0.05) is 6.42 Å². The van der Waals surface area contributed by atoms with Gasteiger partial charge in [0.2, 0.25) is 15.9 Å². The average Bonchev–Trinajstić information content (AvgIpc) is 2.77. The van der Waals surface area contributed by atoms with Gasteiger partial charge in [0.1, 0.15) is 22.5 Å². The average molecular weight is 300 g/mol. The number of rotatable bonds is 3. The molecule has 1 aliphatic heterocycles. The number of hydrogen-bond acceptors (Lipinski definition) is 4. The SMILES string of the molecule is CNC(=O)C1CCCCN1S(=O)(=O)c1cc(C)oc1C. The summed E-state index contributed by atoms with van der Waals surface area (Å²) in [4.78, 5) is 12.1. The molecule has 1 amide bonds. The third-order valence-electron chi connectivity index (χ3n) is 3.58. The van der Waals surface area contributed by atoms with E-state index in [0.717, 1.165) is 12.8 Å². The monoisotopic (exact) mass is 300 g/mol. The lowest BCUT2D eigenvalue weighted by Crippen LogP contribution is -2.51. The van der Waals surface area contributed by atoms with Crippen LogP contribution in [0.5, 0.6) is 0 Å². The van der Waals surface area contributed by atoms with Crippen molar-refractivity contribution in [1.82, 2.24) is 9.62 Å². The number of nitrogens with zero attached hydrogens (tertiary/aromatic N) is 1. The molecule has 20 heavy (non-hydrogen) atoms. The molecule has 1 unspecified atom stereocenters. The van der Waals surface area contributed by atoms with E-state index in [0.29, 0.717) is 24.5 Å². The van der Waals surface area contributed by atoms with Gasteiger partial charge in [-0.15, -0.1) is 0 Å². The van der Waals surface area contributed by atoms with Crippen LogP contribution in [0.15, 0.2) is 15.4 Å². The second-order valence-electron chi connectivity index (χ2n) is 5.02. The Balaban J connectivity index is 2.40. The number of carbonyl (C=O) groups is 1. The number of furan rings is 1. The summed E-state index contributed by atoms with van der Waals surface area (Å²) in [6.45, 7) is 3.70. The quantitative estimate of drug-likeness (QED) is 0.909. The molecule has 1 aliphatic rings. The normalized spacial score (nSPS) is 20.9. The third-order valence-corrected chi connectivity index (χ3v) is 5.60. The van der Waals surface area contributed by atoms with Crippen molar-refractivity contribution < 1.29 is 17.6 Å². The van der Waals surface area contributed by atoms with Gasteiger partial charge in [-0.3, -0.25) is 4.79 Å². The first-order valence-corrected chi connectivity index (χ1v) is 8.12. The first-order valence-electron chi connectivity index (χ1n) is 6.68. The van der Waals surface area contributed by atoms with Gasteiger partial charge in [-0.05, 0) is 32.8 Å². The highest BCUT2D eigenvalue weighted by Gasteiger charge is 2.38. The second kappa shape index (κ2) is 5.57. The fraction of sp³-hybridized carbons (Fsp3) is 0.615. The third kappa shape index (κ3) is 2.60. The minimum atomic E-state index is -3.70. The molecule has 112 valence electrons. The molecule has 0 aliphatic carbocycles. The van der Waals surface area contributed by atoms with Gasteiger partial charge in [0.05, 0.1) is 0 Å². The maximum atomic E-state index is 12.7. The van der Waals surface area contributed by atoms with Gasteiger partial charge in [-0.2, -0.15) is 4.31 Å². The van der Waals surface area contributed by atoms with Crippen LogP contribution in [0.3, 0.4) is 0 Å². The first kappa shape index (κ1) is 15.1. The van der Waals surface area contributed by atoms with Crippen LogP contribution in [-0.4, -0.2) is 38.3 Å². The van der Waals surface area contributed by atoms with Crippen LogP contribution in [-0.2, 0) is 14.8 Å². The molecule has 0 aromatic carbocycles. The molecule has 0 bridgehead atoms. The Kier molecular flexibility index (Phi) is 4.19. The van der Waals surface area contributed by atoms with E-state index in [9.17, 15) is 13.2 Å². The van der Waals surface area contributed by atoms with Crippen molar-refractivity contribution in [2.75, 3.05) is 13.6 Å². The Morgan fingerprint density at radius 2 is 2.10 bits per heavy atom.